The van der Waals surface area contributed by atoms with Gasteiger partial charge in [-0.15, -0.1) is 0 Å². The van der Waals surface area contributed by atoms with Crippen LogP contribution in [-0.2, 0) is 4.79 Å². The molecular weight excluding hydrogens is 466 g/mol. The van der Waals surface area contributed by atoms with Crippen molar-refractivity contribution < 1.29 is 19.1 Å². The zero-order chi connectivity index (χ0) is 24.4. The molecule has 5 rings (SSSR count). The van der Waals surface area contributed by atoms with Crippen LogP contribution in [0.5, 0.6) is 0 Å². The third-order valence-corrected chi connectivity index (χ3v) is 5.87. The van der Waals surface area contributed by atoms with Gasteiger partial charge in [0.1, 0.15) is 11.5 Å². The van der Waals surface area contributed by atoms with Crippen LogP contribution in [0.15, 0.2) is 83.5 Å². The minimum atomic E-state index is -0.835. The first-order valence-corrected chi connectivity index (χ1v) is 11.2. The van der Waals surface area contributed by atoms with Crippen LogP contribution in [0.2, 0.25) is 5.02 Å². The lowest BCUT2D eigenvalue weighted by molar-refractivity contribution is -0.110. The van der Waals surface area contributed by atoms with E-state index in [1.807, 2.05) is 6.07 Å². The molecule has 0 aliphatic carbocycles. The number of aliphatic hydroxyl groups is 1. The molecule has 1 aliphatic heterocycles. The molecule has 3 N–H and O–H groups in total. The highest BCUT2D eigenvalue weighted by Crippen LogP contribution is 2.35. The van der Waals surface area contributed by atoms with Crippen molar-refractivity contribution in [2.24, 2.45) is 0 Å². The second-order valence-corrected chi connectivity index (χ2v) is 8.43. The predicted molar refractivity (Wildman–Crippen MR) is 134 cm³/mol. The molecule has 174 valence electrons. The van der Waals surface area contributed by atoms with Crippen LogP contribution in [0.25, 0.3) is 23.0 Å². The number of aliphatic hydroxyl groups excluding tert-OH is 1. The monoisotopic (exact) mass is 485 g/mol. The van der Waals surface area contributed by atoms with Crippen LogP contribution in [-0.4, -0.2) is 28.4 Å². The number of hydrogen-bond acceptors (Lipinski definition) is 5. The summed E-state index contributed by atoms with van der Waals surface area (Å²) in [6, 6.07) is 19.1. The van der Waals surface area contributed by atoms with Gasteiger partial charge in [0.15, 0.2) is 0 Å². The number of hydrogen-bond donors (Lipinski definition) is 3. The molecule has 0 fully saturated rings. The van der Waals surface area contributed by atoms with Crippen molar-refractivity contribution in [3.05, 3.63) is 107 Å². The fourth-order valence-corrected chi connectivity index (χ4v) is 4.01. The highest BCUT2D eigenvalue weighted by atomic mass is 35.5. The van der Waals surface area contributed by atoms with Gasteiger partial charge in [0.25, 0.3) is 11.8 Å². The molecule has 35 heavy (non-hydrogen) atoms. The minimum Gasteiger partial charge on any atom is -0.457 e. The van der Waals surface area contributed by atoms with E-state index in [0.29, 0.717) is 50.1 Å². The van der Waals surface area contributed by atoms with Gasteiger partial charge in [-0.05, 0) is 66.2 Å². The number of furan rings is 1. The summed E-state index contributed by atoms with van der Waals surface area (Å²) in [4.78, 5) is 29.0. The summed E-state index contributed by atoms with van der Waals surface area (Å²) < 4.78 is 5.95. The Morgan fingerprint density at radius 3 is 2.77 bits per heavy atom. The van der Waals surface area contributed by atoms with E-state index in [9.17, 15) is 14.7 Å². The number of nitrogens with zero attached hydrogens (tertiary/aromatic N) is 1. The first kappa shape index (κ1) is 22.6. The van der Waals surface area contributed by atoms with E-state index >= 15 is 0 Å². The van der Waals surface area contributed by atoms with Crippen LogP contribution in [0, 0.1) is 0 Å². The van der Waals surface area contributed by atoms with Crippen LogP contribution in [0.1, 0.15) is 33.3 Å². The lowest BCUT2D eigenvalue weighted by atomic mass is 10.1. The molecule has 2 aromatic heterocycles. The molecule has 4 aromatic rings. The fourth-order valence-electron chi connectivity index (χ4n) is 3.84. The Hall–Kier alpha value is -4.20. The van der Waals surface area contributed by atoms with Gasteiger partial charge in [0.05, 0.1) is 11.7 Å². The Bertz CT molecular complexity index is 1450. The van der Waals surface area contributed by atoms with E-state index in [1.165, 1.54) is 0 Å². The molecule has 0 saturated carbocycles. The zero-order valence-electron chi connectivity index (χ0n) is 18.4. The first-order chi connectivity index (χ1) is 17.0. The fraction of sp³-hybridized carbons (Fsp3) is 0.0741. The van der Waals surface area contributed by atoms with Gasteiger partial charge in [-0.1, -0.05) is 23.7 Å². The molecule has 2 aromatic carbocycles. The smallest absolute Gasteiger partial charge is 0.256 e. The largest absolute Gasteiger partial charge is 0.457 e. The van der Waals surface area contributed by atoms with Crippen molar-refractivity contribution in [2.75, 3.05) is 11.9 Å². The topological polar surface area (TPSA) is 104 Å². The molecule has 0 bridgehead atoms. The van der Waals surface area contributed by atoms with Crippen LogP contribution >= 0.6 is 11.6 Å². The summed E-state index contributed by atoms with van der Waals surface area (Å²) >= 11 is 6.10. The molecule has 0 spiro atoms. The molecule has 0 saturated heterocycles. The molecule has 8 heteroatoms. The van der Waals surface area contributed by atoms with Crippen molar-refractivity contribution in [2.45, 2.75) is 6.10 Å². The van der Waals surface area contributed by atoms with Gasteiger partial charge in [-0.3, -0.25) is 14.6 Å². The molecule has 1 unspecified atom stereocenters. The SMILES string of the molecule is O=C1Nc2ccc(Cl)cc2C1=Cc1ccc(-c2cccc(C(=O)NCC(O)c3ccncc3)c2)o1. The van der Waals surface area contributed by atoms with E-state index < -0.39 is 6.10 Å². The quantitative estimate of drug-likeness (QED) is 0.335. The van der Waals surface area contributed by atoms with E-state index in [-0.39, 0.29) is 18.4 Å². The van der Waals surface area contributed by atoms with Crippen LogP contribution in [0.4, 0.5) is 5.69 Å². The lowest BCUT2D eigenvalue weighted by Crippen LogP contribution is -2.28. The van der Waals surface area contributed by atoms with E-state index in [0.717, 1.165) is 0 Å². The second kappa shape index (κ2) is 9.58. The number of carbonyl (C=O) groups excluding carboxylic acids is 2. The summed E-state index contributed by atoms with van der Waals surface area (Å²) in [5.74, 6) is 0.499. The second-order valence-electron chi connectivity index (χ2n) is 7.99. The van der Waals surface area contributed by atoms with Gasteiger partial charge >= 0.3 is 0 Å². The number of benzene rings is 2. The summed E-state index contributed by atoms with van der Waals surface area (Å²) in [6.45, 7) is 0.0686. The standard InChI is InChI=1S/C27H20ClN3O4/c28-19-4-6-23-21(13-19)22(27(34)31-23)14-20-5-7-25(35-20)17-2-1-3-18(12-17)26(33)30-15-24(32)16-8-10-29-11-9-16/h1-14,24,32H,15H2,(H,30,33)(H,31,34). The zero-order valence-corrected chi connectivity index (χ0v) is 19.1. The molecule has 0 radical (unpaired) electrons. The van der Waals surface area contributed by atoms with Gasteiger partial charge in [-0.2, -0.15) is 0 Å². The average Bonchev–Trinajstić information content (AvgIpc) is 3.47. The highest BCUT2D eigenvalue weighted by Gasteiger charge is 2.24. The number of halogens is 1. The number of pyridine rings is 1. The van der Waals surface area contributed by atoms with Crippen LogP contribution < -0.4 is 10.6 Å². The van der Waals surface area contributed by atoms with E-state index in [4.69, 9.17) is 16.0 Å². The maximum atomic E-state index is 12.6. The van der Waals surface area contributed by atoms with Crippen LogP contribution in [0.3, 0.4) is 0 Å². The van der Waals surface area contributed by atoms with Gasteiger partial charge in [0, 0.05) is 46.3 Å². The van der Waals surface area contributed by atoms with E-state index in [1.54, 1.807) is 79.1 Å². The Morgan fingerprint density at radius 1 is 1.11 bits per heavy atom. The molecule has 2 amide bonds. The van der Waals surface area contributed by atoms with Crippen molar-refractivity contribution in [3.8, 4) is 11.3 Å². The third-order valence-electron chi connectivity index (χ3n) is 5.63. The molecule has 1 atom stereocenters. The number of aromatic nitrogens is 1. The summed E-state index contributed by atoms with van der Waals surface area (Å²) in [5, 5.41) is 16.4. The Labute approximate surface area is 206 Å². The molecule has 7 nitrogen and oxygen atoms in total. The minimum absolute atomic E-state index is 0.0686. The number of nitrogens with one attached hydrogen (secondary N) is 2. The van der Waals surface area contributed by atoms with Gasteiger partial charge in [0.2, 0.25) is 0 Å². The van der Waals surface area contributed by atoms with Gasteiger partial charge in [-0.25, -0.2) is 0 Å². The maximum Gasteiger partial charge on any atom is 0.256 e. The lowest BCUT2D eigenvalue weighted by Gasteiger charge is -2.12. The average molecular weight is 486 g/mol. The normalized spacial score (nSPS) is 14.5. The van der Waals surface area contributed by atoms with Crippen molar-refractivity contribution >= 4 is 40.8 Å². The molecule has 1 aliphatic rings. The maximum absolute atomic E-state index is 12.6. The number of carbonyl (C=O) groups is 2. The highest BCUT2D eigenvalue weighted by molar-refractivity contribution is 6.36. The predicted octanol–water partition coefficient (Wildman–Crippen LogP) is 4.95. The first-order valence-electron chi connectivity index (χ1n) is 10.9. The van der Waals surface area contributed by atoms with Crippen molar-refractivity contribution in [1.82, 2.24) is 10.3 Å². The van der Waals surface area contributed by atoms with Crippen molar-refractivity contribution in [1.29, 1.82) is 0 Å². The Kier molecular flexibility index (Phi) is 6.18. The summed E-state index contributed by atoms with van der Waals surface area (Å²) in [6.07, 6.45) is 4.01. The number of anilines is 1. The summed E-state index contributed by atoms with van der Waals surface area (Å²) in [5.41, 5.74) is 3.69. The number of amides is 2. The van der Waals surface area contributed by atoms with E-state index in [2.05, 4.69) is 15.6 Å². The number of rotatable bonds is 6. The Morgan fingerprint density at radius 2 is 1.94 bits per heavy atom. The molecule has 3 heterocycles. The number of fused-ring (bicyclic) bond motifs is 1. The molecular formula is C27H20ClN3O4. The Balaban J connectivity index is 1.32. The van der Waals surface area contributed by atoms with Crippen molar-refractivity contribution in [3.63, 3.8) is 0 Å². The van der Waals surface area contributed by atoms with Gasteiger partial charge < -0.3 is 20.2 Å². The third kappa shape index (κ3) is 4.87. The summed E-state index contributed by atoms with van der Waals surface area (Å²) in [7, 11) is 0.